The first-order valence-corrected chi connectivity index (χ1v) is 6.48. The van der Waals surface area contributed by atoms with Gasteiger partial charge in [0.2, 0.25) is 0 Å². The van der Waals surface area contributed by atoms with Gasteiger partial charge in [-0.2, -0.15) is 4.98 Å². The Balaban J connectivity index is 2.59. The third kappa shape index (κ3) is 4.54. The number of thiocarbonyl (C=S) groups is 1. The summed E-state index contributed by atoms with van der Waals surface area (Å²) in [5, 5.41) is 0. The minimum Gasteiger partial charge on any atom is -0.462 e. The Bertz CT molecular complexity index is 407. The van der Waals surface area contributed by atoms with E-state index in [1.165, 1.54) is 0 Å². The van der Waals surface area contributed by atoms with Crippen molar-refractivity contribution in [3.05, 3.63) is 17.5 Å². The van der Waals surface area contributed by atoms with E-state index < -0.39 is 0 Å². The summed E-state index contributed by atoms with van der Waals surface area (Å²) >= 11 is 4.90. The molecule has 0 aliphatic rings. The summed E-state index contributed by atoms with van der Waals surface area (Å²) in [6.45, 7) is 9.53. The summed E-state index contributed by atoms with van der Waals surface area (Å²) < 4.78 is 5.53. The number of hydrogen-bond acceptors (Lipinski definition) is 5. The summed E-state index contributed by atoms with van der Waals surface area (Å²) in [6, 6.07) is 2.09. The zero-order valence-electron chi connectivity index (χ0n) is 11.1. The van der Waals surface area contributed by atoms with Gasteiger partial charge in [-0.25, -0.2) is 4.98 Å². The predicted molar refractivity (Wildman–Crippen MR) is 75.9 cm³/mol. The zero-order valence-corrected chi connectivity index (χ0v) is 12.0. The van der Waals surface area contributed by atoms with Gasteiger partial charge in [0.25, 0.3) is 0 Å². The van der Waals surface area contributed by atoms with E-state index in [-0.39, 0.29) is 4.99 Å². The van der Waals surface area contributed by atoms with E-state index in [1.54, 1.807) is 6.07 Å². The van der Waals surface area contributed by atoms with E-state index in [4.69, 9.17) is 22.7 Å². The molecule has 0 bridgehead atoms. The molecule has 100 valence electrons. The van der Waals surface area contributed by atoms with Crippen molar-refractivity contribution in [2.24, 2.45) is 5.73 Å². The SMILES string of the molecule is CCN(CC)CCOc1nc(C)cc(C(N)=S)n1. The highest BCUT2D eigenvalue weighted by molar-refractivity contribution is 7.80. The van der Waals surface area contributed by atoms with Crippen LogP contribution in [0.4, 0.5) is 0 Å². The third-order valence-electron chi connectivity index (χ3n) is 2.62. The first-order chi connectivity index (χ1) is 8.56. The molecular formula is C12H20N4OS. The number of nitrogens with zero attached hydrogens (tertiary/aromatic N) is 3. The van der Waals surface area contributed by atoms with Crippen LogP contribution in [0.2, 0.25) is 0 Å². The fourth-order valence-corrected chi connectivity index (χ4v) is 1.64. The fourth-order valence-electron chi connectivity index (χ4n) is 1.54. The third-order valence-corrected chi connectivity index (χ3v) is 2.83. The second kappa shape index (κ2) is 7.23. The number of aryl methyl sites for hydroxylation is 1. The maximum absolute atomic E-state index is 5.55. The summed E-state index contributed by atoms with van der Waals surface area (Å²) in [4.78, 5) is 10.9. The van der Waals surface area contributed by atoms with Crippen molar-refractivity contribution in [1.82, 2.24) is 14.9 Å². The average molecular weight is 268 g/mol. The van der Waals surface area contributed by atoms with Crippen LogP contribution < -0.4 is 10.5 Å². The molecule has 0 unspecified atom stereocenters. The van der Waals surface area contributed by atoms with Gasteiger partial charge >= 0.3 is 6.01 Å². The van der Waals surface area contributed by atoms with Gasteiger partial charge in [0.05, 0.1) is 0 Å². The molecule has 18 heavy (non-hydrogen) atoms. The van der Waals surface area contributed by atoms with Crippen molar-refractivity contribution in [3.8, 4) is 6.01 Å². The standard InChI is InChI=1S/C12H20N4OS/c1-4-16(5-2)6-7-17-12-14-9(3)8-10(15-12)11(13)18/h8H,4-7H2,1-3H3,(H2,13,18). The van der Waals surface area contributed by atoms with Crippen LogP contribution in [0.5, 0.6) is 6.01 Å². The molecule has 0 radical (unpaired) electrons. The minimum atomic E-state index is 0.258. The summed E-state index contributed by atoms with van der Waals surface area (Å²) in [6.07, 6.45) is 0. The molecule has 1 heterocycles. The lowest BCUT2D eigenvalue weighted by molar-refractivity contribution is 0.212. The fraction of sp³-hybridized carbons (Fsp3) is 0.583. The Kier molecular flexibility index (Phi) is 5.94. The van der Waals surface area contributed by atoms with Crippen molar-refractivity contribution >= 4 is 17.2 Å². The van der Waals surface area contributed by atoms with E-state index in [0.29, 0.717) is 18.3 Å². The second-order valence-corrected chi connectivity index (χ2v) is 4.36. The normalized spacial score (nSPS) is 10.7. The maximum atomic E-state index is 5.55. The van der Waals surface area contributed by atoms with Crippen LogP contribution in [0.1, 0.15) is 25.2 Å². The monoisotopic (exact) mass is 268 g/mol. The number of hydrogen-bond donors (Lipinski definition) is 1. The highest BCUT2D eigenvalue weighted by Crippen LogP contribution is 2.07. The van der Waals surface area contributed by atoms with E-state index in [9.17, 15) is 0 Å². The summed E-state index contributed by atoms with van der Waals surface area (Å²) in [5.41, 5.74) is 6.90. The molecule has 5 nitrogen and oxygen atoms in total. The van der Waals surface area contributed by atoms with Gasteiger partial charge in [0.1, 0.15) is 17.3 Å². The van der Waals surface area contributed by atoms with Crippen LogP contribution in [0.15, 0.2) is 6.07 Å². The van der Waals surface area contributed by atoms with E-state index >= 15 is 0 Å². The lowest BCUT2D eigenvalue weighted by Crippen LogP contribution is -2.28. The van der Waals surface area contributed by atoms with Gasteiger partial charge in [-0.1, -0.05) is 26.1 Å². The Labute approximate surface area is 113 Å². The van der Waals surface area contributed by atoms with Gasteiger partial charge < -0.3 is 15.4 Å². The summed E-state index contributed by atoms with van der Waals surface area (Å²) in [7, 11) is 0. The topological polar surface area (TPSA) is 64.3 Å². The predicted octanol–water partition coefficient (Wildman–Crippen LogP) is 1.14. The van der Waals surface area contributed by atoms with Crippen molar-refractivity contribution in [2.45, 2.75) is 20.8 Å². The highest BCUT2D eigenvalue weighted by Gasteiger charge is 2.06. The largest absolute Gasteiger partial charge is 0.462 e. The van der Waals surface area contributed by atoms with Gasteiger partial charge in [-0.15, -0.1) is 0 Å². The molecule has 1 aromatic heterocycles. The zero-order chi connectivity index (χ0) is 13.5. The molecule has 0 aliphatic carbocycles. The second-order valence-electron chi connectivity index (χ2n) is 3.92. The molecule has 0 aliphatic heterocycles. The Morgan fingerprint density at radius 1 is 1.39 bits per heavy atom. The lowest BCUT2D eigenvalue weighted by Gasteiger charge is -2.17. The van der Waals surface area contributed by atoms with Crippen molar-refractivity contribution < 1.29 is 4.74 Å². The van der Waals surface area contributed by atoms with Crippen molar-refractivity contribution in [1.29, 1.82) is 0 Å². The van der Waals surface area contributed by atoms with Crippen LogP contribution in [0.3, 0.4) is 0 Å². The Hall–Kier alpha value is -1.27. The van der Waals surface area contributed by atoms with E-state index in [0.717, 1.165) is 25.3 Å². The molecule has 2 N–H and O–H groups in total. The number of aromatic nitrogens is 2. The quantitative estimate of drug-likeness (QED) is 0.748. The number of ether oxygens (including phenoxy) is 1. The minimum absolute atomic E-state index is 0.258. The molecule has 0 aromatic carbocycles. The average Bonchev–Trinajstić information content (AvgIpc) is 2.34. The van der Waals surface area contributed by atoms with Crippen LogP contribution in [0.25, 0.3) is 0 Å². The van der Waals surface area contributed by atoms with Gasteiger partial charge in [-0.05, 0) is 26.1 Å². The smallest absolute Gasteiger partial charge is 0.317 e. The van der Waals surface area contributed by atoms with Gasteiger partial charge in [-0.3, -0.25) is 0 Å². The van der Waals surface area contributed by atoms with E-state index in [1.807, 2.05) is 6.92 Å². The van der Waals surface area contributed by atoms with E-state index in [2.05, 4.69) is 28.7 Å². The molecule has 0 atom stereocenters. The van der Waals surface area contributed by atoms with Crippen molar-refractivity contribution in [3.63, 3.8) is 0 Å². The molecule has 0 saturated carbocycles. The summed E-state index contributed by atoms with van der Waals surface area (Å²) in [5.74, 6) is 0. The van der Waals surface area contributed by atoms with Crippen molar-refractivity contribution in [2.75, 3.05) is 26.2 Å². The Morgan fingerprint density at radius 3 is 2.61 bits per heavy atom. The van der Waals surface area contributed by atoms with Gasteiger partial charge in [0.15, 0.2) is 0 Å². The van der Waals surface area contributed by atoms with Crippen LogP contribution >= 0.6 is 12.2 Å². The molecule has 0 fully saturated rings. The number of rotatable bonds is 7. The molecular weight excluding hydrogens is 248 g/mol. The molecule has 1 rings (SSSR count). The number of nitrogens with two attached hydrogens (primary N) is 1. The Morgan fingerprint density at radius 2 is 2.06 bits per heavy atom. The molecule has 0 spiro atoms. The van der Waals surface area contributed by atoms with Crippen LogP contribution in [0, 0.1) is 6.92 Å². The maximum Gasteiger partial charge on any atom is 0.317 e. The first-order valence-electron chi connectivity index (χ1n) is 6.07. The molecule has 1 aromatic rings. The molecule has 6 heteroatoms. The number of likely N-dealkylation sites (N-methyl/N-ethyl adjacent to an activating group) is 1. The first kappa shape index (κ1) is 14.8. The molecule has 0 amide bonds. The molecule has 0 saturated heterocycles. The van der Waals surface area contributed by atoms with Crippen LogP contribution in [-0.2, 0) is 0 Å². The lowest BCUT2D eigenvalue weighted by atomic mass is 10.3. The van der Waals surface area contributed by atoms with Gasteiger partial charge in [0, 0.05) is 12.2 Å². The van der Waals surface area contributed by atoms with Crippen LogP contribution in [-0.4, -0.2) is 46.1 Å². The highest BCUT2D eigenvalue weighted by atomic mass is 32.1.